The molecule has 1 aromatic carbocycles. The predicted molar refractivity (Wildman–Crippen MR) is 70.0 cm³/mol. The summed E-state index contributed by atoms with van der Waals surface area (Å²) in [5.74, 6) is 0.175. The topological polar surface area (TPSA) is 46.3 Å². The van der Waals surface area contributed by atoms with Gasteiger partial charge in [-0.05, 0) is 37.1 Å². The van der Waals surface area contributed by atoms with Crippen molar-refractivity contribution >= 4 is 33.2 Å². The van der Waals surface area contributed by atoms with Gasteiger partial charge in [-0.25, -0.2) is 0 Å². The van der Waals surface area contributed by atoms with Crippen molar-refractivity contribution in [1.82, 2.24) is 0 Å². The van der Waals surface area contributed by atoms with Gasteiger partial charge in [0.1, 0.15) is 0 Å². The molecule has 1 fully saturated rings. The fourth-order valence-electron chi connectivity index (χ4n) is 2.01. The maximum Gasteiger partial charge on any atom is 0.228 e. The third kappa shape index (κ3) is 1.94. The molecule has 0 saturated carbocycles. The average Bonchev–Trinajstić information content (AvgIpc) is 2.51. The van der Waals surface area contributed by atoms with Crippen LogP contribution in [-0.2, 0) is 4.79 Å². The molecule has 1 heterocycles. The van der Waals surface area contributed by atoms with Crippen molar-refractivity contribution in [1.29, 1.82) is 0 Å². The highest BCUT2D eigenvalue weighted by Gasteiger charge is 2.29. The van der Waals surface area contributed by atoms with E-state index in [0.29, 0.717) is 6.42 Å². The summed E-state index contributed by atoms with van der Waals surface area (Å²) in [6, 6.07) is 3.92. The number of anilines is 2. The Balaban J connectivity index is 2.41. The molecule has 1 aliphatic rings. The molecular weight excluding hydrogens is 268 g/mol. The Hall–Kier alpha value is -1.03. The second-order valence-electron chi connectivity index (χ2n) is 4.30. The highest BCUT2D eigenvalue weighted by molar-refractivity contribution is 9.09. The summed E-state index contributed by atoms with van der Waals surface area (Å²) in [5, 5.41) is 0. The third-order valence-electron chi connectivity index (χ3n) is 2.95. The summed E-state index contributed by atoms with van der Waals surface area (Å²) in [7, 11) is 0. The van der Waals surface area contributed by atoms with Crippen molar-refractivity contribution in [2.24, 2.45) is 0 Å². The van der Waals surface area contributed by atoms with Crippen LogP contribution in [0.3, 0.4) is 0 Å². The van der Waals surface area contributed by atoms with E-state index in [1.807, 2.05) is 30.9 Å². The van der Waals surface area contributed by atoms with Crippen LogP contribution in [0.2, 0.25) is 0 Å². The zero-order valence-corrected chi connectivity index (χ0v) is 11.0. The molecule has 1 unspecified atom stereocenters. The van der Waals surface area contributed by atoms with E-state index < -0.39 is 0 Å². The number of aryl methyl sites for hydroxylation is 2. The van der Waals surface area contributed by atoms with Gasteiger partial charge in [0.15, 0.2) is 0 Å². The van der Waals surface area contributed by atoms with Gasteiger partial charge in [-0.2, -0.15) is 0 Å². The molecule has 0 radical (unpaired) electrons. The van der Waals surface area contributed by atoms with Gasteiger partial charge in [-0.3, -0.25) is 4.79 Å². The first-order valence-electron chi connectivity index (χ1n) is 5.30. The number of nitrogens with zero attached hydrogens (tertiary/aromatic N) is 1. The van der Waals surface area contributed by atoms with Crippen molar-refractivity contribution in [3.05, 3.63) is 23.3 Å². The monoisotopic (exact) mass is 282 g/mol. The fourth-order valence-corrected chi connectivity index (χ4v) is 2.58. The van der Waals surface area contributed by atoms with Crippen molar-refractivity contribution in [3.8, 4) is 0 Å². The van der Waals surface area contributed by atoms with Gasteiger partial charge >= 0.3 is 0 Å². The first-order chi connectivity index (χ1) is 7.49. The Bertz CT molecular complexity index is 445. The van der Waals surface area contributed by atoms with E-state index in [2.05, 4.69) is 15.9 Å². The lowest BCUT2D eigenvalue weighted by Gasteiger charge is -2.20. The molecule has 1 aromatic rings. The summed E-state index contributed by atoms with van der Waals surface area (Å²) in [6.07, 6.45) is 0.572. The zero-order chi connectivity index (χ0) is 11.9. The molecule has 1 atom stereocenters. The highest BCUT2D eigenvalue weighted by atomic mass is 79.9. The smallest absolute Gasteiger partial charge is 0.228 e. The molecular formula is C12H15BrN2O. The summed E-state index contributed by atoms with van der Waals surface area (Å²) in [5.41, 5.74) is 9.68. The number of carbonyl (C=O) groups excluding carboxylic acids is 1. The lowest BCUT2D eigenvalue weighted by molar-refractivity contribution is -0.117. The second-order valence-corrected chi connectivity index (χ2v) is 5.60. The number of nitrogen functional groups attached to an aromatic ring is 1. The summed E-state index contributed by atoms with van der Waals surface area (Å²) in [6.45, 7) is 4.69. The van der Waals surface area contributed by atoms with Crippen molar-refractivity contribution in [2.45, 2.75) is 25.1 Å². The standard InChI is InChI=1S/C12H15BrN2O/c1-7-4-11(8(2)3-10(7)14)15-6-9(13)5-12(15)16/h3-4,9H,5-6,14H2,1-2H3. The van der Waals surface area contributed by atoms with Crippen molar-refractivity contribution in [2.75, 3.05) is 17.2 Å². The molecule has 16 heavy (non-hydrogen) atoms. The van der Waals surface area contributed by atoms with E-state index in [4.69, 9.17) is 5.73 Å². The second kappa shape index (κ2) is 4.09. The Morgan fingerprint density at radius 3 is 2.62 bits per heavy atom. The minimum absolute atomic E-state index is 0.175. The Morgan fingerprint density at radius 1 is 1.38 bits per heavy atom. The molecule has 1 amide bonds. The van der Waals surface area contributed by atoms with Crippen LogP contribution >= 0.6 is 15.9 Å². The zero-order valence-electron chi connectivity index (χ0n) is 9.46. The molecule has 1 aliphatic heterocycles. The number of hydrogen-bond acceptors (Lipinski definition) is 2. The molecule has 1 saturated heterocycles. The normalized spacial score (nSPS) is 20.6. The van der Waals surface area contributed by atoms with Crippen LogP contribution in [0, 0.1) is 13.8 Å². The van der Waals surface area contributed by atoms with Crippen LogP contribution in [0.15, 0.2) is 12.1 Å². The van der Waals surface area contributed by atoms with Crippen LogP contribution in [-0.4, -0.2) is 17.3 Å². The number of rotatable bonds is 1. The molecule has 0 aliphatic carbocycles. The minimum atomic E-state index is 0.175. The Morgan fingerprint density at radius 2 is 2.06 bits per heavy atom. The lowest BCUT2D eigenvalue weighted by atomic mass is 10.1. The minimum Gasteiger partial charge on any atom is -0.399 e. The van der Waals surface area contributed by atoms with Gasteiger partial charge < -0.3 is 10.6 Å². The summed E-state index contributed by atoms with van der Waals surface area (Å²) in [4.78, 5) is 13.9. The SMILES string of the molecule is Cc1cc(N2CC(Br)CC2=O)c(C)cc1N. The van der Waals surface area contributed by atoms with Crippen LogP contribution < -0.4 is 10.6 Å². The summed E-state index contributed by atoms with van der Waals surface area (Å²) >= 11 is 3.49. The van der Waals surface area contributed by atoms with Crippen LogP contribution in [0.1, 0.15) is 17.5 Å². The van der Waals surface area contributed by atoms with E-state index in [-0.39, 0.29) is 10.7 Å². The number of benzene rings is 1. The van der Waals surface area contributed by atoms with Gasteiger partial charge in [0.2, 0.25) is 5.91 Å². The van der Waals surface area contributed by atoms with Gasteiger partial charge in [-0.1, -0.05) is 15.9 Å². The van der Waals surface area contributed by atoms with Gasteiger partial charge in [0.05, 0.1) is 0 Å². The number of nitrogens with two attached hydrogens (primary N) is 1. The van der Waals surface area contributed by atoms with E-state index in [1.165, 1.54) is 0 Å². The third-order valence-corrected chi connectivity index (χ3v) is 3.57. The maximum atomic E-state index is 11.8. The summed E-state index contributed by atoms with van der Waals surface area (Å²) < 4.78 is 0. The number of hydrogen-bond donors (Lipinski definition) is 1. The molecule has 4 heteroatoms. The molecule has 0 aromatic heterocycles. The predicted octanol–water partition coefficient (Wildman–Crippen LogP) is 2.39. The largest absolute Gasteiger partial charge is 0.399 e. The first-order valence-corrected chi connectivity index (χ1v) is 6.21. The molecule has 86 valence electrons. The number of carbonyl (C=O) groups is 1. The van der Waals surface area contributed by atoms with Crippen molar-refractivity contribution < 1.29 is 4.79 Å². The van der Waals surface area contributed by atoms with E-state index in [0.717, 1.165) is 29.0 Å². The van der Waals surface area contributed by atoms with Crippen LogP contribution in [0.25, 0.3) is 0 Å². The Kier molecular flexibility index (Phi) is 2.93. The molecule has 3 nitrogen and oxygen atoms in total. The maximum absolute atomic E-state index is 11.8. The first kappa shape index (κ1) is 11.5. The van der Waals surface area contributed by atoms with Crippen molar-refractivity contribution in [3.63, 3.8) is 0 Å². The highest BCUT2D eigenvalue weighted by Crippen LogP contribution is 2.30. The molecule has 2 N–H and O–H groups in total. The van der Waals surface area contributed by atoms with Crippen LogP contribution in [0.5, 0.6) is 0 Å². The van der Waals surface area contributed by atoms with Gasteiger partial charge in [-0.15, -0.1) is 0 Å². The van der Waals surface area contributed by atoms with E-state index >= 15 is 0 Å². The van der Waals surface area contributed by atoms with E-state index in [1.54, 1.807) is 0 Å². The number of halogens is 1. The average molecular weight is 283 g/mol. The quantitative estimate of drug-likeness (QED) is 0.635. The lowest BCUT2D eigenvalue weighted by Crippen LogP contribution is -2.25. The van der Waals surface area contributed by atoms with Gasteiger partial charge in [0.25, 0.3) is 0 Å². The van der Waals surface area contributed by atoms with Crippen LogP contribution in [0.4, 0.5) is 11.4 Å². The Labute approximate surface area is 104 Å². The van der Waals surface area contributed by atoms with E-state index in [9.17, 15) is 4.79 Å². The molecule has 2 rings (SSSR count). The number of amides is 1. The molecule has 0 bridgehead atoms. The van der Waals surface area contributed by atoms with Gasteiger partial charge in [0, 0.05) is 29.2 Å². The molecule has 0 spiro atoms. The fraction of sp³-hybridized carbons (Fsp3) is 0.417. The number of alkyl halides is 1.